The first-order valence-corrected chi connectivity index (χ1v) is 14.1. The molecule has 1 N–H and O–H groups in total. The van der Waals surface area contributed by atoms with Crippen LogP contribution in [-0.4, -0.2) is 66.5 Å². The maximum Gasteiger partial charge on any atom is 0.414 e. The van der Waals surface area contributed by atoms with Gasteiger partial charge in [-0.3, -0.25) is 9.69 Å². The SMILES string of the molecule is CCN(C(=O)OC(C)(C)C)c1ccc(NC(=O)Cc2ccc(Oc3ncnc4cc(OCCOC)c(OC)cc34)cc2)nc1. The third-order valence-corrected chi connectivity index (χ3v) is 6.19. The highest BCUT2D eigenvalue weighted by Crippen LogP contribution is 2.36. The number of nitrogens with one attached hydrogen (secondary N) is 1. The third-order valence-electron chi connectivity index (χ3n) is 6.19. The van der Waals surface area contributed by atoms with E-state index in [1.807, 2.05) is 27.7 Å². The van der Waals surface area contributed by atoms with Crippen LogP contribution in [0.3, 0.4) is 0 Å². The Morgan fingerprint density at radius 3 is 2.34 bits per heavy atom. The molecule has 0 radical (unpaired) electrons. The average Bonchev–Trinajstić information content (AvgIpc) is 2.98. The predicted octanol–water partition coefficient (Wildman–Crippen LogP) is 5.79. The van der Waals surface area contributed by atoms with E-state index in [9.17, 15) is 9.59 Å². The number of benzene rings is 2. The quantitative estimate of drug-likeness (QED) is 0.198. The summed E-state index contributed by atoms with van der Waals surface area (Å²) < 4.78 is 27.8. The Labute approximate surface area is 256 Å². The normalized spacial score (nSPS) is 11.1. The van der Waals surface area contributed by atoms with Gasteiger partial charge in [-0.2, -0.15) is 0 Å². The van der Waals surface area contributed by atoms with Crippen molar-refractivity contribution < 1.29 is 33.3 Å². The van der Waals surface area contributed by atoms with Gasteiger partial charge in [-0.25, -0.2) is 19.7 Å². The van der Waals surface area contributed by atoms with Crippen LogP contribution >= 0.6 is 0 Å². The van der Waals surface area contributed by atoms with E-state index in [0.717, 1.165) is 5.56 Å². The van der Waals surface area contributed by atoms with Crippen LogP contribution in [-0.2, 0) is 20.7 Å². The molecule has 0 bridgehead atoms. The van der Waals surface area contributed by atoms with Gasteiger partial charge in [-0.1, -0.05) is 12.1 Å². The first-order chi connectivity index (χ1) is 21.1. The summed E-state index contributed by atoms with van der Waals surface area (Å²) in [5.41, 5.74) is 1.37. The number of carbonyl (C=O) groups excluding carboxylic acids is 2. The van der Waals surface area contributed by atoms with Crippen molar-refractivity contribution in [1.82, 2.24) is 15.0 Å². The minimum absolute atomic E-state index is 0.127. The fourth-order valence-electron chi connectivity index (χ4n) is 4.14. The molecule has 0 saturated heterocycles. The van der Waals surface area contributed by atoms with Gasteiger partial charge in [0.15, 0.2) is 11.5 Å². The Morgan fingerprint density at radius 2 is 1.70 bits per heavy atom. The number of carbonyl (C=O) groups is 2. The van der Waals surface area contributed by atoms with E-state index in [1.54, 1.807) is 62.8 Å². The molecule has 0 aliphatic rings. The molecule has 4 rings (SSSR count). The van der Waals surface area contributed by atoms with Gasteiger partial charge in [0.05, 0.1) is 42.9 Å². The molecule has 0 aliphatic heterocycles. The van der Waals surface area contributed by atoms with E-state index in [0.29, 0.717) is 65.3 Å². The number of anilines is 2. The van der Waals surface area contributed by atoms with Gasteiger partial charge in [0.1, 0.15) is 30.1 Å². The van der Waals surface area contributed by atoms with E-state index in [-0.39, 0.29) is 12.3 Å². The number of nitrogens with zero attached hydrogens (tertiary/aromatic N) is 4. The molecule has 12 heteroatoms. The molecule has 2 amide bonds. The monoisotopic (exact) mass is 603 g/mol. The van der Waals surface area contributed by atoms with Gasteiger partial charge in [0, 0.05) is 19.7 Å². The largest absolute Gasteiger partial charge is 0.493 e. The molecule has 2 aromatic heterocycles. The number of aromatic nitrogens is 3. The number of amides is 2. The zero-order valence-electron chi connectivity index (χ0n) is 25.7. The molecule has 0 saturated carbocycles. The molecular weight excluding hydrogens is 566 g/mol. The Morgan fingerprint density at radius 1 is 0.932 bits per heavy atom. The minimum Gasteiger partial charge on any atom is -0.493 e. The molecule has 0 aliphatic carbocycles. The van der Waals surface area contributed by atoms with E-state index >= 15 is 0 Å². The molecule has 232 valence electrons. The second-order valence-electron chi connectivity index (χ2n) is 10.6. The van der Waals surface area contributed by atoms with Crippen LogP contribution < -0.4 is 24.4 Å². The predicted molar refractivity (Wildman–Crippen MR) is 166 cm³/mol. The van der Waals surface area contributed by atoms with Crippen LogP contribution in [0.15, 0.2) is 61.1 Å². The van der Waals surface area contributed by atoms with Crippen LogP contribution in [0.25, 0.3) is 10.9 Å². The lowest BCUT2D eigenvalue weighted by Crippen LogP contribution is -2.36. The van der Waals surface area contributed by atoms with Gasteiger partial charge in [0.2, 0.25) is 11.8 Å². The Kier molecular flexibility index (Phi) is 10.5. The summed E-state index contributed by atoms with van der Waals surface area (Å²) in [6, 6.07) is 14.0. The second-order valence-corrected chi connectivity index (χ2v) is 10.6. The van der Waals surface area contributed by atoms with Crippen molar-refractivity contribution in [2.24, 2.45) is 0 Å². The van der Waals surface area contributed by atoms with Gasteiger partial charge in [0.25, 0.3) is 0 Å². The van der Waals surface area contributed by atoms with E-state index in [1.165, 1.54) is 17.4 Å². The number of hydrogen-bond donors (Lipinski definition) is 1. The molecule has 0 unspecified atom stereocenters. The summed E-state index contributed by atoms with van der Waals surface area (Å²) in [6.07, 6.45) is 2.61. The molecule has 0 atom stereocenters. The molecule has 44 heavy (non-hydrogen) atoms. The maximum atomic E-state index is 12.7. The standard InChI is InChI=1S/C32H37N5O7/c1-7-37(31(39)44-32(2,3)4)22-10-13-28(33-19-22)36-29(38)16-21-8-11-23(12-9-21)43-30-24-17-26(41-6)27(42-15-14-40-5)18-25(24)34-20-35-30/h8-13,17-20H,7,14-16H2,1-6H3,(H,33,36,38). The second kappa shape index (κ2) is 14.5. The summed E-state index contributed by atoms with van der Waals surface area (Å²) >= 11 is 0. The Balaban J connectivity index is 1.37. The van der Waals surface area contributed by atoms with Crippen LogP contribution in [0.2, 0.25) is 0 Å². The number of rotatable bonds is 12. The Bertz CT molecular complexity index is 1570. The molecule has 4 aromatic rings. The van der Waals surface area contributed by atoms with Crippen LogP contribution in [0.1, 0.15) is 33.3 Å². The van der Waals surface area contributed by atoms with Crippen molar-refractivity contribution in [1.29, 1.82) is 0 Å². The summed E-state index contributed by atoms with van der Waals surface area (Å²) in [5, 5.41) is 3.44. The van der Waals surface area contributed by atoms with Gasteiger partial charge in [-0.05, 0) is 63.6 Å². The van der Waals surface area contributed by atoms with Crippen molar-refractivity contribution in [2.75, 3.05) is 44.2 Å². The van der Waals surface area contributed by atoms with Gasteiger partial charge < -0.3 is 29.0 Å². The minimum atomic E-state index is -0.612. The molecule has 2 heterocycles. The van der Waals surface area contributed by atoms with Crippen molar-refractivity contribution >= 4 is 34.4 Å². The van der Waals surface area contributed by atoms with Crippen molar-refractivity contribution in [2.45, 2.75) is 39.7 Å². The lowest BCUT2D eigenvalue weighted by Gasteiger charge is -2.26. The molecule has 12 nitrogen and oxygen atoms in total. The highest BCUT2D eigenvalue weighted by Gasteiger charge is 2.22. The number of hydrogen-bond acceptors (Lipinski definition) is 10. The smallest absolute Gasteiger partial charge is 0.414 e. The first kappa shape index (κ1) is 32.0. The molecule has 0 fully saturated rings. The topological polar surface area (TPSA) is 134 Å². The number of methoxy groups -OCH3 is 2. The molecule has 0 spiro atoms. The van der Waals surface area contributed by atoms with E-state index < -0.39 is 11.7 Å². The fourth-order valence-corrected chi connectivity index (χ4v) is 4.14. The van der Waals surface area contributed by atoms with E-state index in [2.05, 4.69) is 20.3 Å². The lowest BCUT2D eigenvalue weighted by molar-refractivity contribution is -0.115. The number of fused-ring (bicyclic) bond motifs is 1. The summed E-state index contributed by atoms with van der Waals surface area (Å²) in [7, 11) is 3.16. The lowest BCUT2D eigenvalue weighted by atomic mass is 10.1. The highest BCUT2D eigenvalue weighted by atomic mass is 16.6. The summed E-state index contributed by atoms with van der Waals surface area (Å²) in [4.78, 5) is 39.6. The third kappa shape index (κ3) is 8.54. The van der Waals surface area contributed by atoms with Crippen molar-refractivity contribution in [3.8, 4) is 23.1 Å². The highest BCUT2D eigenvalue weighted by molar-refractivity contribution is 5.92. The number of ether oxygens (including phenoxy) is 5. The fraction of sp³-hybridized carbons (Fsp3) is 0.344. The number of pyridine rings is 1. The van der Waals surface area contributed by atoms with Crippen LogP contribution in [0.5, 0.6) is 23.1 Å². The summed E-state index contributed by atoms with van der Waals surface area (Å²) in [5.74, 6) is 2.08. The maximum absolute atomic E-state index is 12.7. The van der Waals surface area contributed by atoms with Crippen molar-refractivity contribution in [3.05, 3.63) is 66.6 Å². The Hall–Kier alpha value is -4.97. The van der Waals surface area contributed by atoms with Gasteiger partial charge >= 0.3 is 6.09 Å². The van der Waals surface area contributed by atoms with Crippen LogP contribution in [0.4, 0.5) is 16.3 Å². The average molecular weight is 604 g/mol. The zero-order chi connectivity index (χ0) is 31.7. The van der Waals surface area contributed by atoms with Crippen LogP contribution in [0, 0.1) is 0 Å². The molecule has 2 aromatic carbocycles. The van der Waals surface area contributed by atoms with E-state index in [4.69, 9.17) is 23.7 Å². The zero-order valence-corrected chi connectivity index (χ0v) is 25.7. The van der Waals surface area contributed by atoms with Gasteiger partial charge in [-0.15, -0.1) is 0 Å². The molecular formula is C32H37N5O7. The summed E-state index contributed by atoms with van der Waals surface area (Å²) in [6.45, 7) is 8.50. The first-order valence-electron chi connectivity index (χ1n) is 14.1. The van der Waals surface area contributed by atoms with Crippen molar-refractivity contribution in [3.63, 3.8) is 0 Å².